The fraction of sp³-hybridized carbons (Fsp3) is 0.333. The van der Waals surface area contributed by atoms with Crippen LogP contribution in [0.1, 0.15) is 0 Å². The second-order valence-corrected chi connectivity index (χ2v) is 2.82. The Labute approximate surface area is 77.1 Å². The van der Waals surface area contributed by atoms with Crippen molar-refractivity contribution in [2.75, 3.05) is 18.9 Å². The SMILES string of the molecule is CNCC(N)Nc1ccc(F)cc1. The van der Waals surface area contributed by atoms with Gasteiger partial charge in [0, 0.05) is 12.2 Å². The third kappa shape index (κ3) is 3.40. The summed E-state index contributed by atoms with van der Waals surface area (Å²) in [6.07, 6.45) is -0.157. The molecule has 0 saturated heterocycles. The van der Waals surface area contributed by atoms with Gasteiger partial charge in [-0.1, -0.05) is 0 Å². The first-order chi connectivity index (χ1) is 6.22. The fourth-order valence-electron chi connectivity index (χ4n) is 1.03. The van der Waals surface area contributed by atoms with Gasteiger partial charge in [-0.15, -0.1) is 0 Å². The lowest BCUT2D eigenvalue weighted by atomic mass is 10.3. The average molecular weight is 183 g/mol. The van der Waals surface area contributed by atoms with Crippen LogP contribution in [0.2, 0.25) is 0 Å². The molecule has 13 heavy (non-hydrogen) atoms. The Morgan fingerprint density at radius 1 is 1.38 bits per heavy atom. The van der Waals surface area contributed by atoms with Crippen molar-refractivity contribution in [1.29, 1.82) is 0 Å². The summed E-state index contributed by atoms with van der Waals surface area (Å²) < 4.78 is 12.5. The molecule has 4 heteroatoms. The number of hydrogen-bond donors (Lipinski definition) is 3. The summed E-state index contributed by atoms with van der Waals surface area (Å²) in [5, 5.41) is 5.96. The third-order valence-electron chi connectivity index (χ3n) is 1.62. The normalized spacial score (nSPS) is 12.5. The van der Waals surface area contributed by atoms with Gasteiger partial charge >= 0.3 is 0 Å². The predicted octanol–water partition coefficient (Wildman–Crippen LogP) is 0.742. The summed E-state index contributed by atoms with van der Waals surface area (Å²) in [6, 6.07) is 6.11. The van der Waals surface area contributed by atoms with Gasteiger partial charge in [0.05, 0.1) is 6.17 Å². The van der Waals surface area contributed by atoms with Crippen LogP contribution in [0.5, 0.6) is 0 Å². The Hall–Kier alpha value is -1.13. The molecule has 1 aromatic carbocycles. The molecule has 0 amide bonds. The van der Waals surface area contributed by atoms with Gasteiger partial charge in [-0.2, -0.15) is 0 Å². The number of hydrogen-bond acceptors (Lipinski definition) is 3. The first-order valence-corrected chi connectivity index (χ1v) is 4.14. The van der Waals surface area contributed by atoms with Crippen LogP contribution in [0.3, 0.4) is 0 Å². The van der Waals surface area contributed by atoms with Crippen LogP contribution in [-0.2, 0) is 0 Å². The molecular weight excluding hydrogens is 169 g/mol. The van der Waals surface area contributed by atoms with E-state index in [1.165, 1.54) is 12.1 Å². The fourth-order valence-corrected chi connectivity index (χ4v) is 1.03. The van der Waals surface area contributed by atoms with Gasteiger partial charge in [0.2, 0.25) is 0 Å². The maximum Gasteiger partial charge on any atom is 0.123 e. The number of nitrogens with two attached hydrogens (primary N) is 1. The van der Waals surface area contributed by atoms with Crippen molar-refractivity contribution in [3.05, 3.63) is 30.1 Å². The number of halogens is 1. The van der Waals surface area contributed by atoms with E-state index >= 15 is 0 Å². The van der Waals surface area contributed by atoms with Crippen molar-refractivity contribution in [2.24, 2.45) is 5.73 Å². The van der Waals surface area contributed by atoms with Crippen molar-refractivity contribution < 1.29 is 4.39 Å². The number of rotatable bonds is 4. The van der Waals surface area contributed by atoms with E-state index in [2.05, 4.69) is 10.6 Å². The molecule has 0 fully saturated rings. The summed E-state index contributed by atoms with van der Waals surface area (Å²) in [5.74, 6) is -0.243. The molecule has 0 aliphatic rings. The van der Waals surface area contributed by atoms with Gasteiger partial charge in [-0.05, 0) is 31.3 Å². The predicted molar refractivity (Wildman–Crippen MR) is 51.9 cm³/mol. The smallest absolute Gasteiger partial charge is 0.123 e. The van der Waals surface area contributed by atoms with Crippen molar-refractivity contribution in [2.45, 2.75) is 6.17 Å². The highest BCUT2D eigenvalue weighted by Gasteiger charge is 1.99. The van der Waals surface area contributed by atoms with Crippen LogP contribution in [0.15, 0.2) is 24.3 Å². The number of benzene rings is 1. The first-order valence-electron chi connectivity index (χ1n) is 4.14. The van der Waals surface area contributed by atoms with Crippen molar-refractivity contribution in [3.63, 3.8) is 0 Å². The molecule has 0 saturated carbocycles. The van der Waals surface area contributed by atoms with Crippen LogP contribution in [-0.4, -0.2) is 19.8 Å². The quantitative estimate of drug-likeness (QED) is 0.603. The average Bonchev–Trinajstić information content (AvgIpc) is 2.09. The van der Waals surface area contributed by atoms with Crippen molar-refractivity contribution in [3.8, 4) is 0 Å². The molecule has 0 bridgehead atoms. The molecule has 72 valence electrons. The van der Waals surface area contributed by atoms with E-state index in [9.17, 15) is 4.39 Å². The van der Waals surface area contributed by atoms with Gasteiger partial charge in [0.15, 0.2) is 0 Å². The molecule has 1 rings (SSSR count). The highest BCUT2D eigenvalue weighted by atomic mass is 19.1. The Morgan fingerprint density at radius 2 is 2.00 bits per heavy atom. The standard InChI is InChI=1S/C9H14FN3/c1-12-6-9(11)13-8-4-2-7(10)3-5-8/h2-5,9,12-13H,6,11H2,1H3. The lowest BCUT2D eigenvalue weighted by Crippen LogP contribution is -2.38. The summed E-state index contributed by atoms with van der Waals surface area (Å²) in [4.78, 5) is 0. The summed E-state index contributed by atoms with van der Waals surface area (Å²) in [7, 11) is 1.83. The second-order valence-electron chi connectivity index (χ2n) is 2.82. The molecule has 0 spiro atoms. The molecule has 0 aliphatic carbocycles. The van der Waals surface area contributed by atoms with E-state index in [0.29, 0.717) is 6.54 Å². The van der Waals surface area contributed by atoms with Gasteiger partial charge in [-0.3, -0.25) is 0 Å². The molecule has 0 radical (unpaired) electrons. The largest absolute Gasteiger partial charge is 0.369 e. The van der Waals surface area contributed by atoms with Crippen molar-refractivity contribution >= 4 is 5.69 Å². The Morgan fingerprint density at radius 3 is 2.54 bits per heavy atom. The second kappa shape index (κ2) is 4.79. The Kier molecular flexibility index (Phi) is 3.67. The molecule has 1 aromatic rings. The minimum absolute atomic E-state index is 0.157. The monoisotopic (exact) mass is 183 g/mol. The summed E-state index contributed by atoms with van der Waals surface area (Å²) in [6.45, 7) is 0.664. The molecule has 1 unspecified atom stereocenters. The van der Waals surface area contributed by atoms with E-state index in [0.717, 1.165) is 5.69 Å². The van der Waals surface area contributed by atoms with Crippen LogP contribution in [0, 0.1) is 5.82 Å². The van der Waals surface area contributed by atoms with Crippen molar-refractivity contribution in [1.82, 2.24) is 5.32 Å². The van der Waals surface area contributed by atoms with E-state index < -0.39 is 0 Å². The molecule has 1 atom stereocenters. The highest BCUT2D eigenvalue weighted by molar-refractivity contribution is 5.43. The van der Waals surface area contributed by atoms with E-state index in [-0.39, 0.29) is 12.0 Å². The summed E-state index contributed by atoms with van der Waals surface area (Å²) in [5.41, 5.74) is 6.51. The summed E-state index contributed by atoms with van der Waals surface area (Å²) >= 11 is 0. The van der Waals surface area contributed by atoms with E-state index in [4.69, 9.17) is 5.73 Å². The van der Waals surface area contributed by atoms with E-state index in [1.807, 2.05) is 7.05 Å². The lowest BCUT2D eigenvalue weighted by molar-refractivity contribution is 0.627. The Bertz CT molecular complexity index is 248. The highest BCUT2D eigenvalue weighted by Crippen LogP contribution is 2.07. The molecule has 0 aromatic heterocycles. The zero-order valence-electron chi connectivity index (χ0n) is 7.55. The van der Waals surface area contributed by atoms with Gasteiger partial charge in [0.25, 0.3) is 0 Å². The molecule has 0 heterocycles. The topological polar surface area (TPSA) is 50.1 Å². The third-order valence-corrected chi connectivity index (χ3v) is 1.62. The van der Waals surface area contributed by atoms with Crippen LogP contribution >= 0.6 is 0 Å². The maximum absolute atomic E-state index is 12.5. The minimum Gasteiger partial charge on any atom is -0.369 e. The molecule has 4 N–H and O–H groups in total. The molecule has 0 aliphatic heterocycles. The van der Waals surface area contributed by atoms with Gasteiger partial charge in [0.1, 0.15) is 5.82 Å². The lowest BCUT2D eigenvalue weighted by Gasteiger charge is -2.14. The molecular formula is C9H14FN3. The molecule has 3 nitrogen and oxygen atoms in total. The number of anilines is 1. The van der Waals surface area contributed by atoms with Gasteiger partial charge in [-0.25, -0.2) is 4.39 Å². The van der Waals surface area contributed by atoms with Crippen LogP contribution in [0.25, 0.3) is 0 Å². The first kappa shape index (κ1) is 9.95. The number of likely N-dealkylation sites (N-methyl/N-ethyl adjacent to an activating group) is 1. The van der Waals surface area contributed by atoms with Gasteiger partial charge < -0.3 is 16.4 Å². The zero-order chi connectivity index (χ0) is 9.68. The van der Waals surface area contributed by atoms with E-state index in [1.54, 1.807) is 12.1 Å². The van der Waals surface area contributed by atoms with Crippen LogP contribution in [0.4, 0.5) is 10.1 Å². The zero-order valence-corrected chi connectivity index (χ0v) is 7.55. The Balaban J connectivity index is 2.49. The minimum atomic E-state index is -0.243. The van der Waals surface area contributed by atoms with Crippen LogP contribution < -0.4 is 16.4 Å². The number of nitrogens with one attached hydrogen (secondary N) is 2. The maximum atomic E-state index is 12.5.